The summed E-state index contributed by atoms with van der Waals surface area (Å²) >= 11 is 0. The Hall–Kier alpha value is -1.41. The number of nitrogens with zero attached hydrogens (tertiary/aromatic N) is 2. The third-order valence-electron chi connectivity index (χ3n) is 5.10. The normalized spacial score (nSPS) is 23.4. The minimum absolute atomic E-state index is 0.0392. The number of carbonyl (C=O) groups excluding carboxylic acids is 1. The Morgan fingerprint density at radius 2 is 2.07 bits per heavy atom. The molecule has 1 amide bonds. The lowest BCUT2D eigenvalue weighted by molar-refractivity contribution is -0.121. The predicted octanol–water partition coefficient (Wildman–Crippen LogP) is 2.99. The molecule has 11 heteroatoms. The van der Waals surface area contributed by atoms with Gasteiger partial charge in [0.1, 0.15) is 17.2 Å². The first kappa shape index (κ1) is 26.6. The summed E-state index contributed by atoms with van der Waals surface area (Å²) < 4.78 is 24.2. The van der Waals surface area contributed by atoms with Crippen LogP contribution in [0.4, 0.5) is 0 Å². The molecule has 30 heavy (non-hydrogen) atoms. The van der Waals surface area contributed by atoms with E-state index in [4.69, 9.17) is 20.5 Å². The molecule has 10 nitrogen and oxygen atoms in total. The first-order chi connectivity index (χ1) is 14.2. The van der Waals surface area contributed by atoms with Crippen molar-refractivity contribution in [3.8, 4) is 0 Å². The fraction of sp³-hybridized carbons (Fsp3) is 0.842. The Morgan fingerprint density at radius 3 is 2.67 bits per heavy atom. The van der Waals surface area contributed by atoms with E-state index < -0.39 is 25.8 Å². The molecule has 0 bridgehead atoms. The molecule has 0 aromatic carbocycles. The molecule has 5 N–H and O–H groups in total. The van der Waals surface area contributed by atoms with Crippen LogP contribution >= 0.6 is 7.60 Å². The summed E-state index contributed by atoms with van der Waals surface area (Å²) in [4.78, 5) is 25.0. The number of amides is 1. The van der Waals surface area contributed by atoms with Crippen molar-refractivity contribution in [3.05, 3.63) is 11.4 Å². The number of ether oxygens (including phenoxy) is 1. The molecule has 1 unspecified atom stereocenters. The van der Waals surface area contributed by atoms with Crippen LogP contribution < -0.4 is 16.0 Å². The van der Waals surface area contributed by atoms with Gasteiger partial charge in [0, 0.05) is 18.3 Å². The average Bonchev–Trinajstić information content (AvgIpc) is 2.69. The maximum atomic E-state index is 12.8. The maximum absolute atomic E-state index is 12.8. The molecule has 0 saturated carbocycles. The van der Waals surface area contributed by atoms with Crippen LogP contribution in [0, 0.1) is 5.53 Å². The number of nitrogens with two attached hydrogens (primary N) is 1. The molecule has 1 rings (SSSR count). The van der Waals surface area contributed by atoms with Crippen LogP contribution in [0.25, 0.3) is 0 Å². The molecule has 0 aromatic rings. The number of rotatable bonds is 14. The molecular weight excluding hydrogens is 409 g/mol. The van der Waals surface area contributed by atoms with Crippen LogP contribution in [-0.2, 0) is 18.6 Å². The molecule has 172 valence electrons. The van der Waals surface area contributed by atoms with Crippen molar-refractivity contribution in [2.24, 2.45) is 10.8 Å². The zero-order valence-electron chi connectivity index (χ0n) is 18.2. The van der Waals surface area contributed by atoms with Gasteiger partial charge in [-0.15, -0.1) is 0 Å². The van der Waals surface area contributed by atoms with Crippen molar-refractivity contribution in [3.63, 3.8) is 0 Å². The first-order valence-corrected chi connectivity index (χ1v) is 12.2. The molecule has 1 aliphatic carbocycles. The van der Waals surface area contributed by atoms with Gasteiger partial charge in [0.2, 0.25) is 10.8 Å². The Bertz CT molecular complexity index is 664. The Balaban J connectivity index is 2.75. The molecule has 0 radical (unpaired) electrons. The van der Waals surface area contributed by atoms with Gasteiger partial charge < -0.3 is 25.2 Å². The van der Waals surface area contributed by atoms with Crippen molar-refractivity contribution in [2.45, 2.75) is 90.0 Å². The molecule has 0 spiro atoms. The lowest BCUT2D eigenvalue weighted by Crippen LogP contribution is -2.56. The molecule has 0 aliphatic heterocycles. The number of nitrogens with one attached hydrogen (secondary N) is 2. The van der Waals surface area contributed by atoms with Gasteiger partial charge >= 0.3 is 7.60 Å². The van der Waals surface area contributed by atoms with E-state index in [0.717, 1.165) is 32.1 Å². The molecule has 0 aromatic heterocycles. The molecule has 1 aliphatic rings. The summed E-state index contributed by atoms with van der Waals surface area (Å²) in [7, 11) is -4.00. The van der Waals surface area contributed by atoms with Crippen molar-refractivity contribution in [2.75, 3.05) is 13.2 Å². The SMILES string of the molecule is CCC(CC)O[C@@H]1C=C(P(=O)(O)OCCCCCCN=[N+]=N)C[C@H](N)[C@H]1NC(C)=O. The summed E-state index contributed by atoms with van der Waals surface area (Å²) in [5.74, 6) is -0.224. The van der Waals surface area contributed by atoms with Crippen LogP contribution in [0.2, 0.25) is 0 Å². The second-order valence-corrected chi connectivity index (χ2v) is 9.40. The largest absolute Gasteiger partial charge is 0.369 e. The first-order valence-electron chi connectivity index (χ1n) is 10.6. The second kappa shape index (κ2) is 13.8. The van der Waals surface area contributed by atoms with Gasteiger partial charge in [-0.05, 0) is 38.2 Å². The highest BCUT2D eigenvalue weighted by atomic mass is 31.2. The number of carbonyl (C=O) groups is 1. The third kappa shape index (κ3) is 9.16. The van der Waals surface area contributed by atoms with E-state index in [1.54, 1.807) is 6.08 Å². The van der Waals surface area contributed by atoms with E-state index >= 15 is 0 Å². The number of hydrogen-bond acceptors (Lipinski definition) is 7. The van der Waals surface area contributed by atoms with E-state index in [0.29, 0.717) is 13.0 Å². The fourth-order valence-electron chi connectivity index (χ4n) is 3.39. The maximum Gasteiger partial charge on any atom is 0.354 e. The molecule has 0 fully saturated rings. The number of unbranched alkanes of at least 4 members (excludes halogenated alkanes) is 3. The molecule has 0 heterocycles. The Kier molecular flexibility index (Phi) is 12.3. The number of hydrogen-bond donors (Lipinski definition) is 4. The van der Waals surface area contributed by atoms with Gasteiger partial charge in [0.05, 0.1) is 24.9 Å². The monoisotopic (exact) mass is 446 g/mol. The van der Waals surface area contributed by atoms with Gasteiger partial charge in [-0.1, -0.05) is 26.7 Å². The average molecular weight is 447 g/mol. The highest BCUT2D eigenvalue weighted by molar-refractivity contribution is 7.57. The van der Waals surface area contributed by atoms with Crippen molar-refractivity contribution >= 4 is 13.5 Å². The second-order valence-electron chi connectivity index (χ2n) is 7.52. The van der Waals surface area contributed by atoms with Crippen LogP contribution in [0.1, 0.15) is 65.7 Å². The summed E-state index contributed by atoms with van der Waals surface area (Å²) in [6, 6.07) is -1.02. The van der Waals surface area contributed by atoms with Gasteiger partial charge in [0.15, 0.2) is 0 Å². The Labute approximate surface area is 178 Å². The van der Waals surface area contributed by atoms with E-state index in [1.807, 2.05) is 13.8 Å². The lowest BCUT2D eigenvalue weighted by atomic mass is 9.93. The quantitative estimate of drug-likeness (QED) is 0.139. The summed E-state index contributed by atoms with van der Waals surface area (Å²) in [6.45, 7) is 6.10. The van der Waals surface area contributed by atoms with Crippen LogP contribution in [0.5, 0.6) is 0 Å². The van der Waals surface area contributed by atoms with Gasteiger partial charge in [-0.25, -0.2) is 0 Å². The van der Waals surface area contributed by atoms with Gasteiger partial charge in [-0.2, -0.15) is 0 Å². The minimum Gasteiger partial charge on any atom is -0.369 e. The summed E-state index contributed by atoms with van der Waals surface area (Å²) in [5, 5.41) is 6.63. The van der Waals surface area contributed by atoms with Crippen LogP contribution in [0.3, 0.4) is 0 Å². The van der Waals surface area contributed by atoms with Crippen LogP contribution in [0.15, 0.2) is 16.5 Å². The molecule has 4 atom stereocenters. The fourth-order valence-corrected chi connectivity index (χ4v) is 4.71. The topological polar surface area (TPSA) is 161 Å². The lowest BCUT2D eigenvalue weighted by Gasteiger charge is -2.37. The van der Waals surface area contributed by atoms with E-state index in [1.165, 1.54) is 6.92 Å². The zero-order valence-corrected chi connectivity index (χ0v) is 19.1. The molecule has 0 saturated heterocycles. The smallest absolute Gasteiger partial charge is 0.354 e. The third-order valence-corrected chi connectivity index (χ3v) is 6.69. The standard InChI is InChI=1S/C19H36N5O5P/c1-4-15(5-2)29-18-13-16(12-17(20)19(18)23-14(3)25)30(26,27)28-11-9-7-6-8-10-22-24-21/h13,15,17-19,21H,4-12,20H2,1-3H3,(H-,23,25,26,27)/p+1/t17-,18+,19+/m0/s1. The van der Waals surface area contributed by atoms with Crippen molar-refractivity contribution < 1.29 is 23.5 Å². The van der Waals surface area contributed by atoms with Gasteiger partial charge in [-0.3, -0.25) is 9.36 Å². The summed E-state index contributed by atoms with van der Waals surface area (Å²) in [6.07, 6.45) is 5.88. The van der Waals surface area contributed by atoms with E-state index in [9.17, 15) is 14.3 Å². The summed E-state index contributed by atoms with van der Waals surface area (Å²) in [5.41, 5.74) is 12.8. The van der Waals surface area contributed by atoms with Crippen molar-refractivity contribution in [1.29, 1.82) is 5.53 Å². The van der Waals surface area contributed by atoms with E-state index in [2.05, 4.69) is 15.3 Å². The molecular formula is C19H37N5O5P+. The van der Waals surface area contributed by atoms with Crippen molar-refractivity contribution in [1.82, 2.24) is 10.2 Å². The minimum atomic E-state index is -4.00. The highest BCUT2D eigenvalue weighted by Crippen LogP contribution is 2.54. The van der Waals surface area contributed by atoms with Crippen LogP contribution in [-0.4, -0.2) is 48.2 Å². The predicted molar refractivity (Wildman–Crippen MR) is 114 cm³/mol. The highest BCUT2D eigenvalue weighted by Gasteiger charge is 2.39. The van der Waals surface area contributed by atoms with Gasteiger partial charge in [0.25, 0.3) is 0 Å². The van der Waals surface area contributed by atoms with E-state index in [-0.39, 0.29) is 30.4 Å². The Morgan fingerprint density at radius 1 is 1.40 bits per heavy atom. The zero-order chi connectivity index (χ0) is 22.6.